The molecule has 3 aromatic rings. The number of halogens is 5. The topological polar surface area (TPSA) is 93.1 Å². The Morgan fingerprint density at radius 2 is 1.57 bits per heavy atom. The average molecular weight is 468 g/mol. The molecular formula is C17H10F5O6PS. The lowest BCUT2D eigenvalue weighted by Gasteiger charge is -2.16. The van der Waals surface area contributed by atoms with Gasteiger partial charge < -0.3 is 19.3 Å². The van der Waals surface area contributed by atoms with E-state index in [2.05, 4.69) is 4.74 Å². The Hall–Kier alpha value is -2.37. The maximum Gasteiger partial charge on any atom is 0.358 e. The summed E-state index contributed by atoms with van der Waals surface area (Å²) in [5.74, 6) is -16.2. The molecule has 2 N–H and O–H groups in total. The quantitative estimate of drug-likeness (QED) is 0.142. The van der Waals surface area contributed by atoms with Gasteiger partial charge in [0, 0.05) is 11.8 Å². The van der Waals surface area contributed by atoms with Crippen LogP contribution in [-0.4, -0.2) is 22.9 Å². The Morgan fingerprint density at radius 3 is 2.10 bits per heavy atom. The van der Waals surface area contributed by atoms with Gasteiger partial charge in [0.1, 0.15) is 4.88 Å². The SMILES string of the molecule is COC(c1ccc2sc(C(=O)Oc3c(F)c(F)c(F)c(F)c3F)cc2c1)P(=O)(O)O. The molecule has 1 aromatic heterocycles. The summed E-state index contributed by atoms with van der Waals surface area (Å²) in [4.78, 5) is 30.6. The van der Waals surface area contributed by atoms with Crippen LogP contribution in [0, 0.1) is 29.1 Å². The molecule has 1 heterocycles. The van der Waals surface area contributed by atoms with Crippen LogP contribution in [-0.2, 0) is 9.30 Å². The fourth-order valence-electron chi connectivity index (χ4n) is 2.60. The van der Waals surface area contributed by atoms with Crippen LogP contribution in [0.4, 0.5) is 22.0 Å². The molecule has 3 rings (SSSR count). The van der Waals surface area contributed by atoms with E-state index in [1.165, 1.54) is 24.3 Å². The van der Waals surface area contributed by atoms with Gasteiger partial charge in [-0.1, -0.05) is 6.07 Å². The normalized spacial score (nSPS) is 12.9. The predicted molar refractivity (Wildman–Crippen MR) is 94.8 cm³/mol. The van der Waals surface area contributed by atoms with Gasteiger partial charge in [-0.25, -0.2) is 18.0 Å². The Balaban J connectivity index is 1.97. The summed E-state index contributed by atoms with van der Waals surface area (Å²) in [7, 11) is -3.56. The average Bonchev–Trinajstić information content (AvgIpc) is 3.11. The Kier molecular flexibility index (Phi) is 5.99. The molecule has 0 bridgehead atoms. The molecule has 0 saturated heterocycles. The Bertz CT molecular complexity index is 1180. The first-order chi connectivity index (χ1) is 14.0. The smallest absolute Gasteiger partial charge is 0.358 e. The Morgan fingerprint density at radius 1 is 1.00 bits per heavy atom. The van der Waals surface area contributed by atoms with E-state index < -0.39 is 54.2 Å². The number of carbonyl (C=O) groups excluding carboxylic acids is 1. The van der Waals surface area contributed by atoms with Crippen LogP contribution in [0.2, 0.25) is 0 Å². The molecule has 0 aliphatic carbocycles. The zero-order chi connectivity index (χ0) is 22.4. The van der Waals surface area contributed by atoms with Gasteiger partial charge in [0.05, 0.1) is 0 Å². The third-order valence-corrected chi connectivity index (χ3v) is 6.14. The van der Waals surface area contributed by atoms with E-state index in [4.69, 9.17) is 4.74 Å². The first kappa shape index (κ1) is 22.3. The molecule has 1 unspecified atom stereocenters. The number of carbonyl (C=O) groups is 1. The van der Waals surface area contributed by atoms with E-state index in [1.54, 1.807) is 0 Å². The molecule has 13 heteroatoms. The summed E-state index contributed by atoms with van der Waals surface area (Å²) in [6, 6.07) is 5.23. The second-order valence-corrected chi connectivity index (χ2v) is 8.60. The van der Waals surface area contributed by atoms with Crippen LogP contribution in [0.3, 0.4) is 0 Å². The van der Waals surface area contributed by atoms with Crippen molar-refractivity contribution >= 4 is 35.0 Å². The van der Waals surface area contributed by atoms with Gasteiger partial charge in [0.25, 0.3) is 0 Å². The van der Waals surface area contributed by atoms with Crippen molar-refractivity contribution in [2.24, 2.45) is 0 Å². The molecule has 6 nitrogen and oxygen atoms in total. The number of rotatable bonds is 5. The van der Waals surface area contributed by atoms with Crippen molar-refractivity contribution in [2.45, 2.75) is 5.85 Å². The zero-order valence-corrected chi connectivity index (χ0v) is 16.4. The van der Waals surface area contributed by atoms with Gasteiger partial charge in [-0.3, -0.25) is 4.57 Å². The maximum absolute atomic E-state index is 13.7. The first-order valence-electron chi connectivity index (χ1n) is 7.80. The van der Waals surface area contributed by atoms with Crippen molar-refractivity contribution in [3.63, 3.8) is 0 Å². The molecule has 0 spiro atoms. The number of ether oxygens (including phenoxy) is 2. The minimum atomic E-state index is -4.65. The second-order valence-electron chi connectivity index (χ2n) is 5.87. The summed E-state index contributed by atoms with van der Waals surface area (Å²) in [6.07, 6.45) is 0. The molecule has 2 aromatic carbocycles. The number of methoxy groups -OCH3 is 1. The number of fused-ring (bicyclic) bond motifs is 1. The highest BCUT2D eigenvalue weighted by Crippen LogP contribution is 2.52. The zero-order valence-electron chi connectivity index (χ0n) is 14.7. The number of benzene rings is 2. The van der Waals surface area contributed by atoms with Crippen LogP contribution in [0.5, 0.6) is 5.75 Å². The van der Waals surface area contributed by atoms with Crippen LogP contribution in [0.25, 0.3) is 10.1 Å². The third-order valence-electron chi connectivity index (χ3n) is 3.92. The predicted octanol–water partition coefficient (Wildman–Crippen LogP) is 4.64. The molecular weight excluding hydrogens is 458 g/mol. The van der Waals surface area contributed by atoms with E-state index >= 15 is 0 Å². The number of hydrogen-bond acceptors (Lipinski definition) is 5. The van der Waals surface area contributed by atoms with Crippen molar-refractivity contribution in [3.05, 3.63) is 63.8 Å². The van der Waals surface area contributed by atoms with Crippen LogP contribution in [0.15, 0.2) is 24.3 Å². The fourth-order valence-corrected chi connectivity index (χ4v) is 4.34. The van der Waals surface area contributed by atoms with Gasteiger partial charge in [-0.2, -0.15) is 8.78 Å². The third kappa shape index (κ3) is 3.96. The lowest BCUT2D eigenvalue weighted by Crippen LogP contribution is -2.12. The van der Waals surface area contributed by atoms with Crippen molar-refractivity contribution in [1.82, 2.24) is 0 Å². The van der Waals surface area contributed by atoms with E-state index in [-0.39, 0.29) is 10.4 Å². The standard InChI is InChI=1S/C17H10F5O6PS/c1-27-17(29(24,25)26)6-2-3-8-7(4-6)5-9(30-8)16(23)28-15-13(21)11(19)10(18)12(20)14(15)22/h2-5,17H,1H3,(H2,24,25,26). The summed E-state index contributed by atoms with van der Waals surface area (Å²) in [5, 5.41) is 0.303. The highest BCUT2D eigenvalue weighted by molar-refractivity contribution is 7.52. The lowest BCUT2D eigenvalue weighted by molar-refractivity contribution is 0.0721. The molecule has 160 valence electrons. The van der Waals surface area contributed by atoms with Crippen LogP contribution in [0.1, 0.15) is 21.1 Å². The maximum atomic E-state index is 13.7. The molecule has 30 heavy (non-hydrogen) atoms. The monoisotopic (exact) mass is 468 g/mol. The van der Waals surface area contributed by atoms with Gasteiger partial charge >= 0.3 is 13.6 Å². The highest BCUT2D eigenvalue weighted by atomic mass is 32.1. The Labute approximate surface area is 168 Å². The van der Waals surface area contributed by atoms with Crippen molar-refractivity contribution in [2.75, 3.05) is 7.11 Å². The van der Waals surface area contributed by atoms with Crippen LogP contribution >= 0.6 is 18.9 Å². The summed E-state index contributed by atoms with van der Waals surface area (Å²) in [5.41, 5.74) is 0.0933. The first-order valence-corrected chi connectivity index (χ1v) is 10.3. The second kappa shape index (κ2) is 8.05. The molecule has 0 radical (unpaired) electrons. The molecule has 1 atom stereocenters. The summed E-state index contributed by atoms with van der Waals surface area (Å²) < 4.78 is 88.1. The minimum absolute atomic E-state index is 0.0933. The van der Waals surface area contributed by atoms with Gasteiger partial charge in [0.2, 0.25) is 34.8 Å². The van der Waals surface area contributed by atoms with Crippen LogP contribution < -0.4 is 4.74 Å². The summed E-state index contributed by atoms with van der Waals surface area (Å²) >= 11 is 0.768. The molecule has 0 saturated carbocycles. The van der Waals surface area contributed by atoms with Gasteiger partial charge in [-0.05, 0) is 29.1 Å². The van der Waals surface area contributed by atoms with Gasteiger partial charge in [-0.15, -0.1) is 11.3 Å². The van der Waals surface area contributed by atoms with Crippen molar-refractivity contribution < 1.29 is 50.6 Å². The summed E-state index contributed by atoms with van der Waals surface area (Å²) in [6.45, 7) is 0. The number of esters is 1. The fraction of sp³-hybridized carbons (Fsp3) is 0.118. The molecule has 0 aliphatic rings. The van der Waals surface area contributed by atoms with Crippen molar-refractivity contribution in [1.29, 1.82) is 0 Å². The molecule has 0 aliphatic heterocycles. The molecule has 0 fully saturated rings. The van der Waals surface area contributed by atoms with Gasteiger partial charge in [0.15, 0.2) is 5.85 Å². The van der Waals surface area contributed by atoms with Crippen molar-refractivity contribution in [3.8, 4) is 5.75 Å². The minimum Gasteiger partial charge on any atom is -0.416 e. The number of thiophene rings is 1. The van der Waals surface area contributed by atoms with E-state index in [1.807, 2.05) is 0 Å². The number of hydrogen-bond donors (Lipinski definition) is 2. The van der Waals surface area contributed by atoms with E-state index in [0.29, 0.717) is 10.1 Å². The highest BCUT2D eigenvalue weighted by Gasteiger charge is 2.31. The largest absolute Gasteiger partial charge is 0.416 e. The van der Waals surface area contributed by atoms with E-state index in [9.17, 15) is 41.1 Å². The molecule has 0 amide bonds. The van der Waals surface area contributed by atoms with E-state index in [0.717, 1.165) is 18.4 Å². The lowest BCUT2D eigenvalue weighted by atomic mass is 10.1.